The summed E-state index contributed by atoms with van der Waals surface area (Å²) in [5.74, 6) is 1.76. The van der Waals surface area contributed by atoms with Gasteiger partial charge in [0.2, 0.25) is 0 Å². The summed E-state index contributed by atoms with van der Waals surface area (Å²) < 4.78 is 10.4. The molecule has 90 valence electrons. The molecule has 0 saturated heterocycles. The Kier molecular flexibility index (Phi) is 3.77. The van der Waals surface area contributed by atoms with E-state index < -0.39 is 0 Å². The summed E-state index contributed by atoms with van der Waals surface area (Å²) >= 11 is 0. The Labute approximate surface area is 101 Å². The number of methoxy groups -OCH3 is 1. The molecule has 1 aromatic heterocycles. The SMILES string of the molecule is CNCCc1oncc1-c1ccc(OC)cc1. The summed E-state index contributed by atoms with van der Waals surface area (Å²) in [4.78, 5) is 0. The summed E-state index contributed by atoms with van der Waals surface area (Å²) in [6.07, 6.45) is 2.59. The van der Waals surface area contributed by atoms with E-state index in [1.165, 1.54) is 0 Å². The number of likely N-dealkylation sites (N-methyl/N-ethyl adjacent to an activating group) is 1. The molecule has 4 heteroatoms. The van der Waals surface area contributed by atoms with Crippen molar-refractivity contribution in [2.75, 3.05) is 20.7 Å². The maximum Gasteiger partial charge on any atom is 0.145 e. The van der Waals surface area contributed by atoms with E-state index in [4.69, 9.17) is 9.26 Å². The zero-order valence-corrected chi connectivity index (χ0v) is 10.1. The lowest BCUT2D eigenvalue weighted by atomic mass is 10.1. The monoisotopic (exact) mass is 232 g/mol. The van der Waals surface area contributed by atoms with E-state index in [-0.39, 0.29) is 0 Å². The van der Waals surface area contributed by atoms with E-state index in [1.807, 2.05) is 31.3 Å². The highest BCUT2D eigenvalue weighted by Gasteiger charge is 2.09. The first-order valence-electron chi connectivity index (χ1n) is 5.57. The van der Waals surface area contributed by atoms with Gasteiger partial charge in [0.15, 0.2) is 0 Å². The first-order valence-corrected chi connectivity index (χ1v) is 5.57. The van der Waals surface area contributed by atoms with E-state index >= 15 is 0 Å². The minimum atomic E-state index is 0.831. The highest BCUT2D eigenvalue weighted by Crippen LogP contribution is 2.25. The fraction of sp³-hybridized carbons (Fsp3) is 0.308. The average molecular weight is 232 g/mol. The van der Waals surface area contributed by atoms with Crippen molar-refractivity contribution >= 4 is 0 Å². The summed E-state index contributed by atoms with van der Waals surface area (Å²) in [6, 6.07) is 7.89. The maximum absolute atomic E-state index is 5.26. The maximum atomic E-state index is 5.26. The Morgan fingerprint density at radius 1 is 1.29 bits per heavy atom. The standard InChI is InChI=1S/C13H16N2O2/c1-14-8-7-13-12(9-15-17-13)10-3-5-11(16-2)6-4-10/h3-6,9,14H,7-8H2,1-2H3. The molecule has 0 bridgehead atoms. The van der Waals surface area contributed by atoms with Crippen molar-refractivity contribution in [2.24, 2.45) is 0 Å². The van der Waals surface area contributed by atoms with Crippen LogP contribution in [0.25, 0.3) is 11.1 Å². The van der Waals surface area contributed by atoms with Crippen molar-refractivity contribution in [3.8, 4) is 16.9 Å². The fourth-order valence-corrected chi connectivity index (χ4v) is 1.69. The fourth-order valence-electron chi connectivity index (χ4n) is 1.69. The second-order valence-electron chi connectivity index (χ2n) is 3.74. The molecule has 1 N–H and O–H groups in total. The van der Waals surface area contributed by atoms with Gasteiger partial charge in [0.25, 0.3) is 0 Å². The molecule has 0 aliphatic heterocycles. The molecule has 0 unspecified atom stereocenters. The normalized spacial score (nSPS) is 10.5. The van der Waals surface area contributed by atoms with Crippen molar-refractivity contribution < 1.29 is 9.26 Å². The van der Waals surface area contributed by atoms with Crippen molar-refractivity contribution in [1.29, 1.82) is 0 Å². The predicted octanol–water partition coefficient (Wildman–Crippen LogP) is 2.11. The predicted molar refractivity (Wildman–Crippen MR) is 66.1 cm³/mol. The molecule has 1 aromatic carbocycles. The number of ether oxygens (including phenoxy) is 1. The van der Waals surface area contributed by atoms with Gasteiger partial charge in [-0.2, -0.15) is 0 Å². The summed E-state index contributed by atoms with van der Waals surface area (Å²) in [6.45, 7) is 0.873. The van der Waals surface area contributed by atoms with Gasteiger partial charge in [-0.05, 0) is 24.7 Å². The number of nitrogens with one attached hydrogen (secondary N) is 1. The van der Waals surface area contributed by atoms with Crippen LogP contribution < -0.4 is 10.1 Å². The number of nitrogens with zero attached hydrogens (tertiary/aromatic N) is 1. The average Bonchev–Trinajstić information content (AvgIpc) is 2.84. The molecule has 0 spiro atoms. The van der Waals surface area contributed by atoms with Crippen LogP contribution in [0.4, 0.5) is 0 Å². The molecule has 0 radical (unpaired) electrons. The topological polar surface area (TPSA) is 47.3 Å². The Hall–Kier alpha value is -1.81. The van der Waals surface area contributed by atoms with Crippen LogP contribution in [0.3, 0.4) is 0 Å². The number of rotatable bonds is 5. The largest absolute Gasteiger partial charge is 0.497 e. The van der Waals surface area contributed by atoms with Gasteiger partial charge in [0.05, 0.1) is 13.3 Å². The molecular weight excluding hydrogens is 216 g/mol. The third kappa shape index (κ3) is 2.65. The van der Waals surface area contributed by atoms with Gasteiger partial charge in [0, 0.05) is 18.5 Å². The molecule has 0 atom stereocenters. The lowest BCUT2D eigenvalue weighted by Gasteiger charge is -2.03. The number of aromatic nitrogens is 1. The highest BCUT2D eigenvalue weighted by atomic mass is 16.5. The van der Waals surface area contributed by atoms with Crippen LogP contribution in [0.2, 0.25) is 0 Å². The van der Waals surface area contributed by atoms with Gasteiger partial charge < -0.3 is 14.6 Å². The molecular formula is C13H16N2O2. The van der Waals surface area contributed by atoms with Crippen molar-refractivity contribution in [3.63, 3.8) is 0 Å². The third-order valence-corrected chi connectivity index (χ3v) is 2.65. The van der Waals surface area contributed by atoms with E-state index in [1.54, 1.807) is 13.3 Å². The van der Waals surface area contributed by atoms with Crippen molar-refractivity contribution in [3.05, 3.63) is 36.2 Å². The molecule has 0 aliphatic carbocycles. The molecule has 0 fully saturated rings. The first-order chi connectivity index (χ1) is 8.35. The highest BCUT2D eigenvalue weighted by molar-refractivity contribution is 5.65. The molecule has 1 heterocycles. The lowest BCUT2D eigenvalue weighted by Crippen LogP contribution is -2.10. The van der Waals surface area contributed by atoms with Gasteiger partial charge >= 0.3 is 0 Å². The second kappa shape index (κ2) is 5.50. The van der Waals surface area contributed by atoms with E-state index in [0.717, 1.165) is 35.6 Å². The van der Waals surface area contributed by atoms with Crippen LogP contribution in [0.5, 0.6) is 5.75 Å². The molecule has 17 heavy (non-hydrogen) atoms. The minimum Gasteiger partial charge on any atom is -0.497 e. The Bertz CT molecular complexity index is 463. The third-order valence-electron chi connectivity index (χ3n) is 2.65. The number of hydrogen-bond donors (Lipinski definition) is 1. The lowest BCUT2D eigenvalue weighted by molar-refractivity contribution is 0.382. The Morgan fingerprint density at radius 3 is 2.71 bits per heavy atom. The number of benzene rings is 1. The minimum absolute atomic E-state index is 0.831. The van der Waals surface area contributed by atoms with Crippen LogP contribution in [0, 0.1) is 0 Å². The van der Waals surface area contributed by atoms with E-state index in [9.17, 15) is 0 Å². The van der Waals surface area contributed by atoms with E-state index in [2.05, 4.69) is 10.5 Å². The summed E-state index contributed by atoms with van der Waals surface area (Å²) in [5, 5.41) is 6.96. The van der Waals surface area contributed by atoms with Crippen LogP contribution in [-0.2, 0) is 6.42 Å². The molecule has 0 aliphatic rings. The first kappa shape index (κ1) is 11.7. The second-order valence-corrected chi connectivity index (χ2v) is 3.74. The Balaban J connectivity index is 2.23. The van der Waals surface area contributed by atoms with Crippen molar-refractivity contribution in [1.82, 2.24) is 10.5 Å². The van der Waals surface area contributed by atoms with Gasteiger partial charge in [-0.1, -0.05) is 17.3 Å². The molecule has 0 amide bonds. The molecule has 2 aromatic rings. The van der Waals surface area contributed by atoms with Gasteiger partial charge in [-0.25, -0.2) is 0 Å². The van der Waals surface area contributed by atoms with E-state index in [0.29, 0.717) is 0 Å². The quantitative estimate of drug-likeness (QED) is 0.857. The van der Waals surface area contributed by atoms with Crippen LogP contribution in [0.1, 0.15) is 5.76 Å². The number of hydrogen-bond acceptors (Lipinski definition) is 4. The zero-order chi connectivity index (χ0) is 12.1. The van der Waals surface area contributed by atoms with Crippen LogP contribution in [0.15, 0.2) is 35.0 Å². The van der Waals surface area contributed by atoms with Gasteiger partial charge in [-0.3, -0.25) is 0 Å². The summed E-state index contributed by atoms with van der Waals surface area (Å²) in [5.41, 5.74) is 2.14. The smallest absolute Gasteiger partial charge is 0.145 e. The van der Waals surface area contributed by atoms with Crippen LogP contribution >= 0.6 is 0 Å². The molecule has 0 saturated carbocycles. The zero-order valence-electron chi connectivity index (χ0n) is 10.1. The van der Waals surface area contributed by atoms with Gasteiger partial charge in [0.1, 0.15) is 11.5 Å². The summed E-state index contributed by atoms with van der Waals surface area (Å²) in [7, 11) is 3.58. The molecule has 4 nitrogen and oxygen atoms in total. The molecule has 2 rings (SSSR count). The van der Waals surface area contributed by atoms with Crippen molar-refractivity contribution in [2.45, 2.75) is 6.42 Å². The Morgan fingerprint density at radius 2 is 2.06 bits per heavy atom. The van der Waals surface area contributed by atoms with Gasteiger partial charge in [-0.15, -0.1) is 0 Å². The van der Waals surface area contributed by atoms with Crippen LogP contribution in [-0.4, -0.2) is 25.9 Å².